The van der Waals surface area contributed by atoms with Crippen molar-refractivity contribution in [2.24, 2.45) is 5.73 Å². The maximum Gasteiger partial charge on any atom is 0.234 e. The molecule has 5 nitrogen and oxygen atoms in total. The number of nitrogens with one attached hydrogen (secondary N) is 1. The lowest BCUT2D eigenvalue weighted by atomic mass is 10.2. The Morgan fingerprint density at radius 1 is 1.67 bits per heavy atom. The summed E-state index contributed by atoms with van der Waals surface area (Å²) >= 11 is 0. The number of carbonyl (C=O) groups is 2. The van der Waals surface area contributed by atoms with Gasteiger partial charge in [0.05, 0.1) is 6.07 Å². The van der Waals surface area contributed by atoms with Crippen LogP contribution in [0.25, 0.3) is 0 Å². The third kappa shape index (κ3) is 5.23. The van der Waals surface area contributed by atoms with E-state index in [0.29, 0.717) is 0 Å². The smallest absolute Gasteiger partial charge is 0.234 e. The van der Waals surface area contributed by atoms with Crippen LogP contribution < -0.4 is 11.1 Å². The van der Waals surface area contributed by atoms with Gasteiger partial charge in [-0.05, 0) is 6.92 Å². The second-order valence-electron chi connectivity index (χ2n) is 2.47. The summed E-state index contributed by atoms with van der Waals surface area (Å²) < 4.78 is 0. The summed E-state index contributed by atoms with van der Waals surface area (Å²) in [6.07, 6.45) is -0.0970. The van der Waals surface area contributed by atoms with Gasteiger partial charge < -0.3 is 11.1 Å². The van der Waals surface area contributed by atoms with Crippen molar-refractivity contribution in [3.05, 3.63) is 0 Å². The Bertz CT molecular complexity index is 219. The Morgan fingerprint density at radius 3 is 2.67 bits per heavy atom. The molecule has 0 aliphatic carbocycles. The molecule has 2 amide bonds. The van der Waals surface area contributed by atoms with Crippen molar-refractivity contribution in [2.45, 2.75) is 25.8 Å². The van der Waals surface area contributed by atoms with E-state index in [4.69, 9.17) is 11.0 Å². The molecule has 0 aromatic heterocycles. The molecule has 3 N–H and O–H groups in total. The quantitative estimate of drug-likeness (QED) is 0.581. The van der Waals surface area contributed by atoms with Crippen LogP contribution in [0.15, 0.2) is 0 Å². The van der Waals surface area contributed by atoms with Gasteiger partial charge in [-0.1, -0.05) is 0 Å². The van der Waals surface area contributed by atoms with E-state index >= 15 is 0 Å². The summed E-state index contributed by atoms with van der Waals surface area (Å²) in [7, 11) is 0. The van der Waals surface area contributed by atoms with E-state index in [9.17, 15) is 9.59 Å². The molecule has 12 heavy (non-hydrogen) atoms. The number of nitrogens with zero attached hydrogens (tertiary/aromatic N) is 1. The number of nitriles is 1. The maximum atomic E-state index is 10.7. The highest BCUT2D eigenvalue weighted by Gasteiger charge is 2.08. The zero-order valence-electron chi connectivity index (χ0n) is 6.83. The molecule has 1 atom stereocenters. The lowest BCUT2D eigenvalue weighted by Crippen LogP contribution is -2.35. The number of hydrogen-bond donors (Lipinski definition) is 2. The molecule has 0 fully saturated rings. The van der Waals surface area contributed by atoms with Crippen molar-refractivity contribution >= 4 is 11.8 Å². The van der Waals surface area contributed by atoms with E-state index in [1.165, 1.54) is 0 Å². The Morgan fingerprint density at radius 2 is 2.25 bits per heavy atom. The van der Waals surface area contributed by atoms with Gasteiger partial charge in [-0.3, -0.25) is 9.59 Å². The van der Waals surface area contributed by atoms with E-state index in [1.807, 2.05) is 0 Å². The summed E-state index contributed by atoms with van der Waals surface area (Å²) in [6, 6.07) is 1.40. The molecular weight excluding hydrogens is 158 g/mol. The molecule has 0 radical (unpaired) electrons. The van der Waals surface area contributed by atoms with Crippen molar-refractivity contribution in [1.29, 1.82) is 5.26 Å². The number of carbonyl (C=O) groups excluding carboxylic acids is 2. The Kier molecular flexibility index (Phi) is 4.46. The van der Waals surface area contributed by atoms with Crippen molar-refractivity contribution in [1.82, 2.24) is 5.32 Å². The lowest BCUT2D eigenvalue weighted by molar-refractivity contribution is -0.121. The van der Waals surface area contributed by atoms with Gasteiger partial charge in [-0.25, -0.2) is 0 Å². The van der Waals surface area contributed by atoms with Gasteiger partial charge in [0.15, 0.2) is 0 Å². The van der Waals surface area contributed by atoms with E-state index in [1.54, 1.807) is 13.0 Å². The fourth-order valence-electron chi connectivity index (χ4n) is 0.750. The van der Waals surface area contributed by atoms with Crippen molar-refractivity contribution in [3.63, 3.8) is 0 Å². The van der Waals surface area contributed by atoms with E-state index < -0.39 is 5.91 Å². The topological polar surface area (TPSA) is 96.0 Å². The Hall–Kier alpha value is -1.57. The molecule has 0 aromatic rings. The number of nitrogens with two attached hydrogens (primary N) is 1. The zero-order valence-corrected chi connectivity index (χ0v) is 6.83. The summed E-state index contributed by atoms with van der Waals surface area (Å²) in [5.74, 6) is -0.856. The van der Waals surface area contributed by atoms with Crippen LogP contribution in [0.3, 0.4) is 0 Å². The van der Waals surface area contributed by atoms with E-state index in [0.717, 1.165) is 0 Å². The fraction of sp³-hybridized carbons (Fsp3) is 0.571. The third-order valence-electron chi connectivity index (χ3n) is 1.15. The van der Waals surface area contributed by atoms with Gasteiger partial charge in [0.1, 0.15) is 6.42 Å². The molecule has 0 aliphatic rings. The second-order valence-corrected chi connectivity index (χ2v) is 2.47. The molecule has 0 saturated carbocycles. The summed E-state index contributed by atoms with van der Waals surface area (Å²) in [5.41, 5.74) is 4.89. The molecular formula is C7H11N3O2. The van der Waals surface area contributed by atoms with Crippen LogP contribution in [0.4, 0.5) is 0 Å². The Balaban J connectivity index is 3.70. The summed E-state index contributed by atoms with van der Waals surface area (Å²) in [5, 5.41) is 10.6. The normalized spacial score (nSPS) is 11.3. The number of amides is 2. The number of rotatable bonds is 4. The minimum atomic E-state index is -0.472. The minimum Gasteiger partial charge on any atom is -0.370 e. The molecule has 0 rings (SSSR count). The molecule has 66 valence electrons. The molecule has 1 unspecified atom stereocenters. The monoisotopic (exact) mass is 169 g/mol. The highest BCUT2D eigenvalue weighted by molar-refractivity contribution is 5.80. The molecule has 0 heterocycles. The SMILES string of the molecule is CC(CC(N)=O)NC(=O)CC#N. The van der Waals surface area contributed by atoms with Gasteiger partial charge >= 0.3 is 0 Å². The van der Waals surface area contributed by atoms with Crippen LogP contribution in [-0.4, -0.2) is 17.9 Å². The van der Waals surface area contributed by atoms with Gasteiger partial charge in [-0.2, -0.15) is 5.26 Å². The van der Waals surface area contributed by atoms with Crippen LogP contribution in [0.5, 0.6) is 0 Å². The van der Waals surface area contributed by atoms with Gasteiger partial charge in [0.25, 0.3) is 0 Å². The fourth-order valence-corrected chi connectivity index (χ4v) is 0.750. The molecule has 0 bridgehead atoms. The molecule has 5 heteroatoms. The van der Waals surface area contributed by atoms with Crippen LogP contribution in [0.1, 0.15) is 19.8 Å². The van der Waals surface area contributed by atoms with Gasteiger partial charge in [-0.15, -0.1) is 0 Å². The molecule has 0 aromatic carbocycles. The first-order chi connectivity index (χ1) is 5.56. The standard InChI is InChI=1S/C7H11N3O2/c1-5(4-6(9)11)10-7(12)2-3-8/h5H,2,4H2,1H3,(H2,9,11)(H,10,12). The molecule has 0 aliphatic heterocycles. The van der Waals surface area contributed by atoms with Gasteiger partial charge in [0, 0.05) is 12.5 Å². The lowest BCUT2D eigenvalue weighted by Gasteiger charge is -2.09. The van der Waals surface area contributed by atoms with Crippen molar-refractivity contribution in [3.8, 4) is 6.07 Å². The summed E-state index contributed by atoms with van der Waals surface area (Å²) in [6.45, 7) is 1.65. The van der Waals surface area contributed by atoms with Crippen LogP contribution in [0, 0.1) is 11.3 Å². The third-order valence-corrected chi connectivity index (χ3v) is 1.15. The van der Waals surface area contributed by atoms with Crippen molar-refractivity contribution < 1.29 is 9.59 Å². The summed E-state index contributed by atoms with van der Waals surface area (Å²) in [4.78, 5) is 21.1. The zero-order chi connectivity index (χ0) is 9.56. The van der Waals surface area contributed by atoms with Crippen LogP contribution in [-0.2, 0) is 9.59 Å². The van der Waals surface area contributed by atoms with Crippen LogP contribution in [0.2, 0.25) is 0 Å². The van der Waals surface area contributed by atoms with E-state index in [2.05, 4.69) is 5.32 Å². The highest BCUT2D eigenvalue weighted by Crippen LogP contribution is 1.89. The largest absolute Gasteiger partial charge is 0.370 e. The number of hydrogen-bond acceptors (Lipinski definition) is 3. The first-order valence-electron chi connectivity index (χ1n) is 3.51. The van der Waals surface area contributed by atoms with E-state index in [-0.39, 0.29) is 24.8 Å². The highest BCUT2D eigenvalue weighted by atomic mass is 16.2. The molecule has 0 spiro atoms. The second kappa shape index (κ2) is 5.13. The predicted molar refractivity (Wildman–Crippen MR) is 41.6 cm³/mol. The van der Waals surface area contributed by atoms with Crippen molar-refractivity contribution in [2.75, 3.05) is 0 Å². The first-order valence-corrected chi connectivity index (χ1v) is 3.51. The van der Waals surface area contributed by atoms with Crippen LogP contribution >= 0.6 is 0 Å². The maximum absolute atomic E-state index is 10.7. The first kappa shape index (κ1) is 10.4. The molecule has 0 saturated heterocycles. The Labute approximate surface area is 70.5 Å². The van der Waals surface area contributed by atoms with Gasteiger partial charge in [0.2, 0.25) is 11.8 Å². The minimum absolute atomic E-state index is 0.0944. The predicted octanol–water partition coefficient (Wildman–Crippen LogP) is -0.720. The number of primary amides is 1. The average Bonchev–Trinajstić information content (AvgIpc) is 1.84. The average molecular weight is 169 g/mol.